The quantitative estimate of drug-likeness (QED) is 0.779. The standard InChI is InChI=1S/C12H19N3O/c1-12(5-7-13-8-6-12)14-11(16)10-4-3-9-15(10)2/h3-4,9,13H,5-8H2,1-2H3,(H,14,16). The van der Waals surface area contributed by atoms with Crippen LogP contribution in [0.3, 0.4) is 0 Å². The Hall–Kier alpha value is -1.29. The number of aromatic nitrogens is 1. The number of amides is 1. The molecule has 0 unspecified atom stereocenters. The van der Waals surface area contributed by atoms with Gasteiger partial charge in [-0.1, -0.05) is 0 Å². The second-order valence-electron chi connectivity index (χ2n) is 4.77. The van der Waals surface area contributed by atoms with Crippen LogP contribution in [-0.4, -0.2) is 29.1 Å². The Balaban J connectivity index is 2.04. The smallest absolute Gasteiger partial charge is 0.268 e. The van der Waals surface area contributed by atoms with E-state index in [9.17, 15) is 4.79 Å². The summed E-state index contributed by atoms with van der Waals surface area (Å²) in [6.07, 6.45) is 3.87. The summed E-state index contributed by atoms with van der Waals surface area (Å²) in [7, 11) is 1.89. The Kier molecular flexibility index (Phi) is 3.01. The maximum absolute atomic E-state index is 12.0. The number of carbonyl (C=O) groups excluding carboxylic acids is 1. The summed E-state index contributed by atoms with van der Waals surface area (Å²) < 4.78 is 1.85. The Morgan fingerprint density at radius 3 is 2.75 bits per heavy atom. The number of carbonyl (C=O) groups is 1. The molecule has 4 nitrogen and oxygen atoms in total. The zero-order chi connectivity index (χ0) is 11.6. The number of hydrogen-bond acceptors (Lipinski definition) is 2. The second kappa shape index (κ2) is 4.29. The summed E-state index contributed by atoms with van der Waals surface area (Å²) in [6.45, 7) is 4.07. The van der Waals surface area contributed by atoms with Gasteiger partial charge >= 0.3 is 0 Å². The average molecular weight is 221 g/mol. The largest absolute Gasteiger partial charge is 0.347 e. The molecule has 1 amide bonds. The first-order chi connectivity index (χ1) is 7.61. The molecule has 0 aromatic carbocycles. The molecule has 0 bridgehead atoms. The van der Waals surface area contributed by atoms with Gasteiger partial charge in [-0.15, -0.1) is 0 Å². The number of rotatable bonds is 2. The molecule has 2 heterocycles. The van der Waals surface area contributed by atoms with Crippen molar-refractivity contribution in [3.05, 3.63) is 24.0 Å². The molecule has 2 rings (SSSR count). The minimum atomic E-state index is -0.0629. The zero-order valence-corrected chi connectivity index (χ0v) is 9.92. The summed E-state index contributed by atoms with van der Waals surface area (Å²) in [6, 6.07) is 3.74. The lowest BCUT2D eigenvalue weighted by Gasteiger charge is -2.35. The van der Waals surface area contributed by atoms with E-state index in [1.54, 1.807) is 0 Å². The van der Waals surface area contributed by atoms with E-state index >= 15 is 0 Å². The first-order valence-electron chi connectivity index (χ1n) is 5.75. The summed E-state index contributed by atoms with van der Waals surface area (Å²) in [4.78, 5) is 12.0. The molecule has 4 heteroatoms. The van der Waals surface area contributed by atoms with E-state index in [0.717, 1.165) is 31.6 Å². The van der Waals surface area contributed by atoms with E-state index in [0.29, 0.717) is 0 Å². The van der Waals surface area contributed by atoms with Crippen LogP contribution in [0.5, 0.6) is 0 Å². The molecule has 1 fully saturated rings. The monoisotopic (exact) mass is 221 g/mol. The third-order valence-corrected chi connectivity index (χ3v) is 3.30. The highest BCUT2D eigenvalue weighted by molar-refractivity contribution is 5.93. The van der Waals surface area contributed by atoms with Gasteiger partial charge in [0.05, 0.1) is 0 Å². The van der Waals surface area contributed by atoms with Crippen molar-refractivity contribution in [1.82, 2.24) is 15.2 Å². The van der Waals surface area contributed by atoms with Crippen molar-refractivity contribution in [3.63, 3.8) is 0 Å². The molecule has 0 aliphatic carbocycles. The Morgan fingerprint density at radius 2 is 2.19 bits per heavy atom. The predicted octanol–water partition coefficient (Wildman–Crippen LogP) is 0.897. The van der Waals surface area contributed by atoms with Crippen molar-refractivity contribution < 1.29 is 4.79 Å². The van der Waals surface area contributed by atoms with Crippen LogP contribution < -0.4 is 10.6 Å². The maximum Gasteiger partial charge on any atom is 0.268 e. The fourth-order valence-corrected chi connectivity index (χ4v) is 2.14. The molecular weight excluding hydrogens is 202 g/mol. The van der Waals surface area contributed by atoms with Gasteiger partial charge in [-0.2, -0.15) is 0 Å². The van der Waals surface area contributed by atoms with Crippen LogP contribution >= 0.6 is 0 Å². The van der Waals surface area contributed by atoms with Gasteiger partial charge in [-0.3, -0.25) is 4.79 Å². The van der Waals surface area contributed by atoms with E-state index in [-0.39, 0.29) is 11.4 Å². The number of nitrogens with one attached hydrogen (secondary N) is 2. The van der Waals surface area contributed by atoms with Crippen molar-refractivity contribution in [2.45, 2.75) is 25.3 Å². The van der Waals surface area contributed by atoms with E-state index < -0.39 is 0 Å². The highest BCUT2D eigenvalue weighted by Crippen LogP contribution is 2.17. The third kappa shape index (κ3) is 2.27. The lowest BCUT2D eigenvalue weighted by atomic mass is 9.90. The zero-order valence-electron chi connectivity index (χ0n) is 9.92. The molecule has 0 saturated carbocycles. The van der Waals surface area contributed by atoms with Crippen molar-refractivity contribution in [3.8, 4) is 0 Å². The lowest BCUT2D eigenvalue weighted by molar-refractivity contribution is 0.0879. The van der Waals surface area contributed by atoms with Crippen LogP contribution in [0.2, 0.25) is 0 Å². The second-order valence-corrected chi connectivity index (χ2v) is 4.77. The summed E-state index contributed by atoms with van der Waals surface area (Å²) in [5, 5.41) is 6.44. The van der Waals surface area contributed by atoms with Gasteiger partial charge in [0.15, 0.2) is 0 Å². The van der Waals surface area contributed by atoms with Gasteiger partial charge in [0.25, 0.3) is 5.91 Å². The van der Waals surface area contributed by atoms with Crippen LogP contribution in [0.4, 0.5) is 0 Å². The van der Waals surface area contributed by atoms with E-state index in [1.165, 1.54) is 0 Å². The van der Waals surface area contributed by atoms with Crippen molar-refractivity contribution >= 4 is 5.91 Å². The van der Waals surface area contributed by atoms with E-state index in [2.05, 4.69) is 17.6 Å². The number of aryl methyl sites for hydroxylation is 1. The van der Waals surface area contributed by atoms with Gasteiger partial charge in [-0.25, -0.2) is 0 Å². The molecule has 0 spiro atoms. The molecule has 16 heavy (non-hydrogen) atoms. The lowest BCUT2D eigenvalue weighted by Crippen LogP contribution is -2.52. The van der Waals surface area contributed by atoms with Crippen molar-refractivity contribution in [2.75, 3.05) is 13.1 Å². The number of piperidine rings is 1. The topological polar surface area (TPSA) is 46.1 Å². The molecule has 1 aliphatic heterocycles. The fourth-order valence-electron chi connectivity index (χ4n) is 2.14. The van der Waals surface area contributed by atoms with Gasteiger partial charge < -0.3 is 15.2 Å². The normalized spacial score (nSPS) is 19.4. The van der Waals surface area contributed by atoms with Crippen molar-refractivity contribution in [1.29, 1.82) is 0 Å². The number of hydrogen-bond donors (Lipinski definition) is 2. The molecule has 1 saturated heterocycles. The first kappa shape index (κ1) is 11.2. The fraction of sp³-hybridized carbons (Fsp3) is 0.583. The summed E-state index contributed by atoms with van der Waals surface area (Å²) in [5.74, 6) is 0.0249. The molecule has 0 atom stereocenters. The van der Waals surface area contributed by atoms with Gasteiger partial charge in [-0.05, 0) is 45.0 Å². The Bertz CT molecular complexity index is 377. The number of nitrogens with zero attached hydrogens (tertiary/aromatic N) is 1. The van der Waals surface area contributed by atoms with E-state index in [1.807, 2.05) is 29.9 Å². The van der Waals surface area contributed by atoms with Gasteiger partial charge in [0.2, 0.25) is 0 Å². The molecule has 88 valence electrons. The van der Waals surface area contributed by atoms with Crippen molar-refractivity contribution in [2.24, 2.45) is 7.05 Å². The predicted molar refractivity (Wildman–Crippen MR) is 63.4 cm³/mol. The molecule has 1 aromatic rings. The van der Waals surface area contributed by atoms with Crippen LogP contribution in [0, 0.1) is 0 Å². The Labute approximate surface area is 96.0 Å². The highest BCUT2D eigenvalue weighted by Gasteiger charge is 2.29. The molecule has 1 aromatic heterocycles. The molecule has 0 radical (unpaired) electrons. The van der Waals surface area contributed by atoms with Crippen LogP contribution in [0.15, 0.2) is 18.3 Å². The molecule has 2 N–H and O–H groups in total. The summed E-state index contributed by atoms with van der Waals surface area (Å²) >= 11 is 0. The third-order valence-electron chi connectivity index (χ3n) is 3.30. The first-order valence-corrected chi connectivity index (χ1v) is 5.75. The van der Waals surface area contributed by atoms with Gasteiger partial charge in [0, 0.05) is 18.8 Å². The molecule has 1 aliphatic rings. The van der Waals surface area contributed by atoms with Gasteiger partial charge in [0.1, 0.15) is 5.69 Å². The molecular formula is C12H19N3O. The van der Waals surface area contributed by atoms with Crippen LogP contribution in [-0.2, 0) is 7.05 Å². The maximum atomic E-state index is 12.0. The highest BCUT2D eigenvalue weighted by atomic mass is 16.2. The SMILES string of the molecule is Cn1cccc1C(=O)NC1(C)CCNCC1. The minimum absolute atomic E-state index is 0.0249. The average Bonchev–Trinajstić information content (AvgIpc) is 2.65. The summed E-state index contributed by atoms with van der Waals surface area (Å²) in [5.41, 5.74) is 0.659. The van der Waals surface area contributed by atoms with Crippen LogP contribution in [0.25, 0.3) is 0 Å². The van der Waals surface area contributed by atoms with Crippen LogP contribution in [0.1, 0.15) is 30.3 Å². The van der Waals surface area contributed by atoms with E-state index in [4.69, 9.17) is 0 Å². The minimum Gasteiger partial charge on any atom is -0.347 e. The Morgan fingerprint density at radius 1 is 1.50 bits per heavy atom.